The number of nitrogens with one attached hydrogen (secondary N) is 3. The fourth-order valence-electron chi connectivity index (χ4n) is 2.21. The third kappa shape index (κ3) is 4.78. The largest absolute Gasteiger partial charge is 0.449 e. The molecular weight excluding hydrogens is 310 g/mol. The number of fused-ring (bicyclic) bond motifs is 1. The van der Waals surface area contributed by atoms with Crippen molar-refractivity contribution >= 4 is 17.6 Å². The van der Waals surface area contributed by atoms with Gasteiger partial charge in [0.25, 0.3) is 0 Å². The maximum absolute atomic E-state index is 12.0. The second-order valence-corrected chi connectivity index (χ2v) is 7.32. The number of carbonyl (C=O) groups excluding carboxylic acids is 2. The van der Waals surface area contributed by atoms with E-state index in [2.05, 4.69) is 16.0 Å². The van der Waals surface area contributed by atoms with E-state index in [0.29, 0.717) is 17.2 Å². The Morgan fingerprint density at radius 3 is 2.38 bits per heavy atom. The summed E-state index contributed by atoms with van der Waals surface area (Å²) < 4.78 is 11.2. The molecule has 0 aromatic heterocycles. The highest BCUT2D eigenvalue weighted by atomic mass is 16.7. The van der Waals surface area contributed by atoms with Crippen LogP contribution in [-0.4, -0.2) is 29.3 Å². The predicted molar refractivity (Wildman–Crippen MR) is 91.3 cm³/mol. The lowest BCUT2D eigenvalue weighted by Gasteiger charge is -2.23. The maximum Gasteiger partial charge on any atom is 0.319 e. The van der Waals surface area contributed by atoms with Crippen LogP contribution < -0.4 is 25.4 Å². The van der Waals surface area contributed by atoms with Crippen LogP contribution in [0.1, 0.15) is 41.5 Å². The molecule has 1 atom stereocenters. The summed E-state index contributed by atoms with van der Waals surface area (Å²) in [4.78, 5) is 24.0. The summed E-state index contributed by atoms with van der Waals surface area (Å²) in [7, 11) is 0. The van der Waals surface area contributed by atoms with Crippen LogP contribution in [0.15, 0.2) is 18.2 Å². The van der Waals surface area contributed by atoms with E-state index >= 15 is 0 Å². The molecule has 0 aliphatic carbocycles. The molecule has 3 N–H and O–H groups in total. The first-order valence-corrected chi connectivity index (χ1v) is 7.87. The van der Waals surface area contributed by atoms with Crippen molar-refractivity contribution in [3.8, 4) is 11.5 Å². The zero-order chi connectivity index (χ0) is 18.1. The van der Waals surface area contributed by atoms with E-state index in [4.69, 9.17) is 9.47 Å². The average molecular weight is 335 g/mol. The van der Waals surface area contributed by atoms with Crippen molar-refractivity contribution < 1.29 is 19.1 Å². The molecule has 1 aliphatic heterocycles. The van der Waals surface area contributed by atoms with Crippen molar-refractivity contribution in [1.29, 1.82) is 0 Å². The summed E-state index contributed by atoms with van der Waals surface area (Å²) in [6.07, 6.45) is 0. The number of hydrogen-bond acceptors (Lipinski definition) is 4. The van der Waals surface area contributed by atoms with Crippen LogP contribution in [0.25, 0.3) is 0 Å². The fourth-order valence-corrected chi connectivity index (χ4v) is 2.21. The minimum absolute atomic E-state index is 0.245. The number of carbonyl (C=O) groups is 2. The Kier molecular flexibility index (Phi) is 4.64. The maximum atomic E-state index is 12.0. The third-order valence-electron chi connectivity index (χ3n) is 3.15. The van der Waals surface area contributed by atoms with Gasteiger partial charge in [0.05, 0.1) is 0 Å². The lowest BCUT2D eigenvalue weighted by atomic mass is 10.1. The van der Waals surface area contributed by atoms with Crippen LogP contribution in [0.4, 0.5) is 10.5 Å². The zero-order valence-corrected chi connectivity index (χ0v) is 14.9. The van der Waals surface area contributed by atoms with Gasteiger partial charge >= 0.3 is 6.03 Å². The Bertz CT molecular complexity index is 650. The molecule has 2 rings (SSSR count). The Morgan fingerprint density at radius 1 is 1.12 bits per heavy atom. The monoisotopic (exact) mass is 335 g/mol. The second-order valence-electron chi connectivity index (χ2n) is 7.32. The summed E-state index contributed by atoms with van der Waals surface area (Å²) in [6, 6.07) is 4.00. The molecule has 1 aliphatic rings. The Labute approximate surface area is 142 Å². The first-order valence-electron chi connectivity index (χ1n) is 7.87. The van der Waals surface area contributed by atoms with Crippen LogP contribution in [-0.2, 0) is 4.79 Å². The smallest absolute Gasteiger partial charge is 0.319 e. The number of anilines is 1. The highest BCUT2D eigenvalue weighted by molar-refractivity contribution is 5.93. The average Bonchev–Trinajstić information content (AvgIpc) is 2.69. The van der Waals surface area contributed by atoms with Crippen molar-refractivity contribution in [2.24, 2.45) is 0 Å². The van der Waals surface area contributed by atoms with Gasteiger partial charge in [-0.2, -0.15) is 0 Å². The Hall–Kier alpha value is -2.44. The number of benzene rings is 1. The predicted octanol–water partition coefficient (Wildman–Crippen LogP) is 2.62. The quantitative estimate of drug-likeness (QED) is 0.792. The molecule has 0 bridgehead atoms. The van der Waals surface area contributed by atoms with Crippen LogP contribution in [0.5, 0.6) is 11.5 Å². The number of urea groups is 1. The van der Waals surface area contributed by atoms with Crippen molar-refractivity contribution in [2.75, 3.05) is 5.32 Å². The molecular formula is C17H25N3O4. The minimum Gasteiger partial charge on any atom is -0.449 e. The highest BCUT2D eigenvalue weighted by Gasteiger charge is 2.31. The number of ether oxygens (including phenoxy) is 2. The summed E-state index contributed by atoms with van der Waals surface area (Å²) in [6.45, 7) is 10.9. The van der Waals surface area contributed by atoms with Crippen LogP contribution in [0, 0.1) is 0 Å². The third-order valence-corrected chi connectivity index (χ3v) is 3.15. The van der Waals surface area contributed by atoms with Gasteiger partial charge in [-0.3, -0.25) is 4.79 Å². The summed E-state index contributed by atoms with van der Waals surface area (Å²) in [5.74, 6) is 0.230. The van der Waals surface area contributed by atoms with Crippen LogP contribution in [0.2, 0.25) is 0 Å². The van der Waals surface area contributed by atoms with Crippen molar-refractivity contribution in [3.63, 3.8) is 0 Å². The van der Waals surface area contributed by atoms with Crippen molar-refractivity contribution in [3.05, 3.63) is 18.2 Å². The number of amides is 3. The van der Waals surface area contributed by atoms with E-state index in [-0.39, 0.29) is 11.4 Å². The molecule has 0 spiro atoms. The molecule has 24 heavy (non-hydrogen) atoms. The van der Waals surface area contributed by atoms with Gasteiger partial charge in [0, 0.05) is 31.1 Å². The van der Waals surface area contributed by atoms with Crippen LogP contribution in [0.3, 0.4) is 0 Å². The topological polar surface area (TPSA) is 88.7 Å². The minimum atomic E-state index is -0.719. The van der Waals surface area contributed by atoms with Gasteiger partial charge in [0.2, 0.25) is 11.7 Å². The first-order chi connectivity index (χ1) is 11.0. The van der Waals surface area contributed by atoms with E-state index in [1.165, 1.54) is 0 Å². The van der Waals surface area contributed by atoms with E-state index in [1.807, 2.05) is 34.6 Å². The molecule has 0 saturated carbocycles. The van der Waals surface area contributed by atoms with E-state index in [9.17, 15) is 9.59 Å². The van der Waals surface area contributed by atoms with Gasteiger partial charge in [-0.05, 0) is 39.8 Å². The molecule has 7 heteroatoms. The summed E-state index contributed by atoms with van der Waals surface area (Å²) >= 11 is 0. The van der Waals surface area contributed by atoms with Gasteiger partial charge in [-0.15, -0.1) is 0 Å². The standard InChI is InChI=1S/C17H25N3O4/c1-10(14(21)20-16(2,3)4)18-15(22)19-11-7-8-12-13(9-11)24-17(5,6)23-12/h7-10H,1-6H3,(H,20,21)(H2,18,19,22). The van der Waals surface area contributed by atoms with Gasteiger partial charge in [0.15, 0.2) is 11.5 Å². The SMILES string of the molecule is CC(NC(=O)Nc1ccc2c(c1)OC(C)(C)O2)C(=O)NC(C)(C)C. The molecule has 1 heterocycles. The fraction of sp³-hybridized carbons (Fsp3) is 0.529. The summed E-state index contributed by atoms with van der Waals surface area (Å²) in [5.41, 5.74) is 0.198. The molecule has 0 radical (unpaired) electrons. The number of hydrogen-bond donors (Lipinski definition) is 3. The molecule has 1 aromatic rings. The normalized spacial score (nSPS) is 16.2. The Balaban J connectivity index is 1.93. The lowest BCUT2D eigenvalue weighted by molar-refractivity contribution is -0.123. The Morgan fingerprint density at radius 2 is 1.75 bits per heavy atom. The van der Waals surface area contributed by atoms with Crippen molar-refractivity contribution in [1.82, 2.24) is 10.6 Å². The zero-order valence-electron chi connectivity index (χ0n) is 14.9. The molecule has 132 valence electrons. The first kappa shape index (κ1) is 17.9. The highest BCUT2D eigenvalue weighted by Crippen LogP contribution is 2.40. The van der Waals surface area contributed by atoms with E-state index < -0.39 is 17.9 Å². The lowest BCUT2D eigenvalue weighted by Crippen LogP contribution is -2.51. The number of rotatable bonds is 3. The summed E-state index contributed by atoms with van der Waals surface area (Å²) in [5, 5.41) is 8.10. The molecule has 7 nitrogen and oxygen atoms in total. The molecule has 0 fully saturated rings. The van der Waals surface area contributed by atoms with Gasteiger partial charge in [-0.25, -0.2) is 4.79 Å². The van der Waals surface area contributed by atoms with E-state index in [0.717, 1.165) is 0 Å². The second kappa shape index (κ2) is 6.22. The van der Waals surface area contributed by atoms with Gasteiger partial charge in [0.1, 0.15) is 6.04 Å². The van der Waals surface area contributed by atoms with E-state index in [1.54, 1.807) is 25.1 Å². The van der Waals surface area contributed by atoms with Crippen molar-refractivity contribution in [2.45, 2.75) is 58.9 Å². The molecule has 3 amide bonds. The van der Waals surface area contributed by atoms with Gasteiger partial charge in [-0.1, -0.05) is 0 Å². The molecule has 1 unspecified atom stereocenters. The van der Waals surface area contributed by atoms with Gasteiger partial charge < -0.3 is 25.4 Å². The molecule has 0 saturated heterocycles. The molecule has 1 aromatic carbocycles. The van der Waals surface area contributed by atoms with Crippen LogP contribution >= 0.6 is 0 Å².